The van der Waals surface area contributed by atoms with Crippen LogP contribution in [0.2, 0.25) is 0 Å². The molecule has 178 valence electrons. The van der Waals surface area contributed by atoms with E-state index in [1.54, 1.807) is 18.3 Å². The first-order valence-corrected chi connectivity index (χ1v) is 11.3. The number of anilines is 1. The number of rotatable bonds is 6. The third kappa shape index (κ3) is 3.90. The fourth-order valence-corrected chi connectivity index (χ4v) is 5.01. The summed E-state index contributed by atoms with van der Waals surface area (Å²) >= 11 is 0. The van der Waals surface area contributed by atoms with E-state index in [0.29, 0.717) is 42.3 Å². The zero-order valence-corrected chi connectivity index (χ0v) is 18.3. The molecule has 1 fully saturated rings. The van der Waals surface area contributed by atoms with Crippen molar-refractivity contribution < 1.29 is 32.2 Å². The molecule has 3 heterocycles. The highest BCUT2D eigenvalue weighted by molar-refractivity contribution is 5.93. The van der Waals surface area contributed by atoms with Crippen LogP contribution in [-0.4, -0.2) is 22.8 Å². The Balaban J connectivity index is 1.15. The SMILES string of the molecule is O=C(Cc1c(F)cc(F)cc1F)CC1[C@H]2Oc3ccc(Oc4ccnc5c4CCC(=O)N5)cc3[C@@H]12. The van der Waals surface area contributed by atoms with E-state index in [-0.39, 0.29) is 36.1 Å². The lowest BCUT2D eigenvalue weighted by molar-refractivity contribution is -0.119. The van der Waals surface area contributed by atoms with Crippen LogP contribution in [0.25, 0.3) is 0 Å². The number of amides is 1. The molecule has 0 radical (unpaired) electrons. The van der Waals surface area contributed by atoms with Crippen molar-refractivity contribution in [2.75, 3.05) is 5.32 Å². The minimum absolute atomic E-state index is 0.00828. The lowest BCUT2D eigenvalue weighted by Crippen LogP contribution is -2.20. The van der Waals surface area contributed by atoms with Crippen molar-refractivity contribution in [3.05, 3.63) is 76.7 Å². The topological polar surface area (TPSA) is 77.5 Å². The molecule has 1 aliphatic carbocycles. The van der Waals surface area contributed by atoms with Gasteiger partial charge in [-0.3, -0.25) is 9.59 Å². The van der Waals surface area contributed by atoms with E-state index in [9.17, 15) is 22.8 Å². The quantitative estimate of drug-likeness (QED) is 0.546. The summed E-state index contributed by atoms with van der Waals surface area (Å²) in [6.45, 7) is 0. The Hall–Kier alpha value is -3.88. The maximum absolute atomic E-state index is 13.9. The van der Waals surface area contributed by atoms with Gasteiger partial charge in [0.15, 0.2) is 0 Å². The first kappa shape index (κ1) is 21.6. The van der Waals surface area contributed by atoms with Crippen LogP contribution in [0.1, 0.15) is 35.4 Å². The van der Waals surface area contributed by atoms with Crippen LogP contribution < -0.4 is 14.8 Å². The average Bonchev–Trinajstić information content (AvgIpc) is 3.32. The molecule has 6 rings (SSSR count). The molecular weight excluding hydrogens is 461 g/mol. The molecule has 3 atom stereocenters. The Kier molecular flexibility index (Phi) is 5.01. The lowest BCUT2D eigenvalue weighted by atomic mass is 10.0. The summed E-state index contributed by atoms with van der Waals surface area (Å²) in [5.74, 6) is -1.25. The highest BCUT2D eigenvalue weighted by Crippen LogP contribution is 2.60. The number of pyridine rings is 1. The Morgan fingerprint density at radius 1 is 1.11 bits per heavy atom. The van der Waals surface area contributed by atoms with Gasteiger partial charge in [-0.2, -0.15) is 0 Å². The van der Waals surface area contributed by atoms with Crippen LogP contribution in [0.15, 0.2) is 42.6 Å². The molecule has 0 spiro atoms. The molecule has 9 heteroatoms. The van der Waals surface area contributed by atoms with Gasteiger partial charge in [-0.15, -0.1) is 0 Å². The number of fused-ring (bicyclic) bond motifs is 4. The van der Waals surface area contributed by atoms with Gasteiger partial charge in [-0.1, -0.05) is 0 Å². The second kappa shape index (κ2) is 8.11. The number of halogens is 3. The van der Waals surface area contributed by atoms with Crippen molar-refractivity contribution in [1.82, 2.24) is 4.98 Å². The van der Waals surface area contributed by atoms with Crippen LogP contribution >= 0.6 is 0 Å². The van der Waals surface area contributed by atoms with Crippen LogP contribution in [0, 0.1) is 23.4 Å². The van der Waals surface area contributed by atoms with E-state index in [2.05, 4.69) is 10.3 Å². The molecule has 1 N–H and O–H groups in total. The largest absolute Gasteiger partial charge is 0.489 e. The maximum Gasteiger partial charge on any atom is 0.225 e. The number of ether oxygens (including phenoxy) is 2. The smallest absolute Gasteiger partial charge is 0.225 e. The Bertz CT molecular complexity index is 1370. The van der Waals surface area contributed by atoms with E-state index in [1.165, 1.54) is 0 Å². The van der Waals surface area contributed by atoms with E-state index in [0.717, 1.165) is 16.9 Å². The van der Waals surface area contributed by atoms with Crippen LogP contribution in [0.4, 0.5) is 19.0 Å². The normalized spacial score (nSPS) is 21.3. The number of nitrogens with zero attached hydrogens (tertiary/aromatic N) is 1. The molecule has 2 aliphatic heterocycles. The molecular formula is C26H19F3N2O4. The van der Waals surface area contributed by atoms with Gasteiger partial charge in [0, 0.05) is 66.1 Å². The minimum Gasteiger partial charge on any atom is -0.489 e. The van der Waals surface area contributed by atoms with Gasteiger partial charge >= 0.3 is 0 Å². The zero-order valence-electron chi connectivity index (χ0n) is 18.3. The number of aromatic nitrogens is 1. The molecule has 1 saturated carbocycles. The molecule has 0 bridgehead atoms. The highest BCUT2D eigenvalue weighted by atomic mass is 19.1. The Morgan fingerprint density at radius 2 is 1.91 bits per heavy atom. The van der Waals surface area contributed by atoms with E-state index >= 15 is 0 Å². The number of hydrogen-bond donors (Lipinski definition) is 1. The Labute approximate surface area is 198 Å². The summed E-state index contributed by atoms with van der Waals surface area (Å²) in [5.41, 5.74) is 1.33. The van der Waals surface area contributed by atoms with E-state index in [1.807, 2.05) is 12.1 Å². The standard InChI is InChI=1S/C26H19F3N2O4/c27-12-7-19(28)16(20(29)8-12)9-13(32)10-18-24-17-11-14(1-3-21(17)35-25(18)24)34-22-5-6-30-26-15(22)2-4-23(33)31-26/h1,3,5-8,11,18,24-25H,2,4,9-10H2,(H,30,31,33)/t18?,24-,25+/m0/s1. The van der Waals surface area contributed by atoms with Crippen molar-refractivity contribution in [3.8, 4) is 17.2 Å². The van der Waals surface area contributed by atoms with Gasteiger partial charge in [0.2, 0.25) is 5.91 Å². The van der Waals surface area contributed by atoms with Gasteiger partial charge in [-0.05, 0) is 30.7 Å². The van der Waals surface area contributed by atoms with Crippen molar-refractivity contribution in [2.45, 2.75) is 37.7 Å². The van der Waals surface area contributed by atoms with E-state index in [4.69, 9.17) is 9.47 Å². The first-order valence-electron chi connectivity index (χ1n) is 11.3. The number of nitrogens with one attached hydrogen (secondary N) is 1. The van der Waals surface area contributed by atoms with Gasteiger partial charge in [0.25, 0.3) is 0 Å². The summed E-state index contributed by atoms with van der Waals surface area (Å²) in [4.78, 5) is 28.4. The van der Waals surface area contributed by atoms with Crippen LogP contribution in [0.3, 0.4) is 0 Å². The average molecular weight is 480 g/mol. The first-order chi connectivity index (χ1) is 16.9. The number of benzene rings is 2. The fourth-order valence-electron chi connectivity index (χ4n) is 5.01. The summed E-state index contributed by atoms with van der Waals surface area (Å²) in [5, 5.41) is 2.74. The van der Waals surface area contributed by atoms with Crippen molar-refractivity contribution in [3.63, 3.8) is 0 Å². The molecule has 1 amide bonds. The monoisotopic (exact) mass is 480 g/mol. The molecule has 3 aliphatic rings. The lowest BCUT2D eigenvalue weighted by Gasteiger charge is -2.19. The molecule has 6 nitrogen and oxygen atoms in total. The molecule has 3 aromatic rings. The van der Waals surface area contributed by atoms with E-state index < -0.39 is 29.4 Å². The second-order valence-corrected chi connectivity index (χ2v) is 9.03. The van der Waals surface area contributed by atoms with Gasteiger partial charge in [0.05, 0.1) is 0 Å². The summed E-state index contributed by atoms with van der Waals surface area (Å²) < 4.78 is 53.0. The van der Waals surface area contributed by atoms with Crippen molar-refractivity contribution in [1.29, 1.82) is 0 Å². The molecule has 2 aromatic carbocycles. The van der Waals surface area contributed by atoms with Crippen molar-refractivity contribution >= 4 is 17.5 Å². The zero-order chi connectivity index (χ0) is 24.3. The maximum atomic E-state index is 13.9. The minimum atomic E-state index is -1.06. The second-order valence-electron chi connectivity index (χ2n) is 9.03. The number of Topliss-reactive ketones (excluding diaryl/α,β-unsaturated/α-hetero) is 1. The van der Waals surface area contributed by atoms with Gasteiger partial charge in [-0.25, -0.2) is 18.2 Å². The Morgan fingerprint density at radius 3 is 2.71 bits per heavy atom. The third-order valence-corrected chi connectivity index (χ3v) is 6.74. The highest BCUT2D eigenvalue weighted by Gasteiger charge is 2.59. The fraction of sp³-hybridized carbons (Fsp3) is 0.269. The molecule has 1 unspecified atom stereocenters. The number of carbonyl (C=O) groups is 2. The van der Waals surface area contributed by atoms with Gasteiger partial charge in [0.1, 0.15) is 52.4 Å². The van der Waals surface area contributed by atoms with Crippen LogP contribution in [-0.2, 0) is 22.4 Å². The van der Waals surface area contributed by atoms with Crippen molar-refractivity contribution in [2.24, 2.45) is 5.92 Å². The number of ketones is 1. The predicted octanol–water partition coefficient (Wildman–Crippen LogP) is 4.85. The summed E-state index contributed by atoms with van der Waals surface area (Å²) in [6, 6.07) is 8.37. The molecule has 35 heavy (non-hydrogen) atoms. The summed E-state index contributed by atoms with van der Waals surface area (Å²) in [6.07, 6.45) is 1.96. The number of carbonyl (C=O) groups excluding carboxylic acids is 2. The predicted molar refractivity (Wildman–Crippen MR) is 118 cm³/mol. The summed E-state index contributed by atoms with van der Waals surface area (Å²) in [7, 11) is 0. The van der Waals surface area contributed by atoms with Crippen LogP contribution in [0.5, 0.6) is 17.2 Å². The van der Waals surface area contributed by atoms with Gasteiger partial charge < -0.3 is 14.8 Å². The molecule has 0 saturated heterocycles. The number of hydrogen-bond acceptors (Lipinski definition) is 5. The molecule has 1 aromatic heterocycles. The third-order valence-electron chi connectivity index (χ3n) is 6.74.